The SMILES string of the molecule is COc1ccc(-c2ccc(-c3cc(=O)n(CCC(C)(C)C(=O)NO)cc3F)cc2)cn1.O=S=O. The minimum absolute atomic E-state index is 0.139. The van der Waals surface area contributed by atoms with E-state index in [4.69, 9.17) is 18.4 Å². The molecule has 0 fully saturated rings. The first-order valence-corrected chi connectivity index (χ1v) is 10.7. The Morgan fingerprint density at radius 3 is 2.26 bits per heavy atom. The molecule has 0 aliphatic carbocycles. The van der Waals surface area contributed by atoms with Gasteiger partial charge in [-0.15, -0.1) is 0 Å². The number of amides is 1. The third-order valence-corrected chi connectivity index (χ3v) is 5.25. The normalized spacial score (nSPS) is 10.6. The molecule has 2 heterocycles. The highest BCUT2D eigenvalue weighted by molar-refractivity contribution is 7.51. The van der Waals surface area contributed by atoms with Crippen molar-refractivity contribution >= 4 is 17.5 Å². The number of halogens is 1. The Kier molecular flexibility index (Phi) is 9.34. The molecule has 1 aromatic carbocycles. The Bertz CT molecular complexity index is 1220. The molecule has 0 spiro atoms. The van der Waals surface area contributed by atoms with Crippen molar-refractivity contribution in [3.05, 3.63) is 71.0 Å². The van der Waals surface area contributed by atoms with Crippen molar-refractivity contribution in [2.75, 3.05) is 7.11 Å². The van der Waals surface area contributed by atoms with Crippen LogP contribution in [-0.2, 0) is 22.9 Å². The topological polar surface area (TPSA) is 128 Å². The molecule has 1 amide bonds. The number of nitrogens with zero attached hydrogens (tertiary/aromatic N) is 2. The summed E-state index contributed by atoms with van der Waals surface area (Å²) < 4.78 is 37.6. The van der Waals surface area contributed by atoms with Crippen LogP contribution in [0.25, 0.3) is 22.3 Å². The highest BCUT2D eigenvalue weighted by atomic mass is 32.1. The maximum Gasteiger partial charge on any atom is 0.335 e. The lowest BCUT2D eigenvalue weighted by Gasteiger charge is -2.22. The van der Waals surface area contributed by atoms with Gasteiger partial charge in [0.25, 0.3) is 5.56 Å². The summed E-state index contributed by atoms with van der Waals surface area (Å²) in [6, 6.07) is 12.0. The van der Waals surface area contributed by atoms with Gasteiger partial charge in [-0.05, 0) is 23.6 Å². The lowest BCUT2D eigenvalue weighted by molar-refractivity contribution is -0.138. The Labute approximate surface area is 198 Å². The number of aryl methyl sites for hydroxylation is 1. The van der Waals surface area contributed by atoms with E-state index >= 15 is 0 Å². The summed E-state index contributed by atoms with van der Waals surface area (Å²) in [7, 11) is 1.55. The van der Waals surface area contributed by atoms with E-state index in [0.717, 1.165) is 17.3 Å². The number of benzene rings is 1. The summed E-state index contributed by atoms with van der Waals surface area (Å²) in [6.45, 7) is 3.41. The van der Waals surface area contributed by atoms with Gasteiger partial charge in [0, 0.05) is 47.6 Å². The number of hydrogen-bond donors (Lipinski definition) is 2. The second-order valence-electron chi connectivity index (χ2n) is 7.88. The number of methoxy groups -OCH3 is 1. The molecule has 0 saturated heterocycles. The maximum absolute atomic E-state index is 14.8. The molecule has 0 radical (unpaired) electrons. The number of hydroxylamine groups is 1. The number of pyridine rings is 2. The molecule has 34 heavy (non-hydrogen) atoms. The van der Waals surface area contributed by atoms with Crippen LogP contribution in [0.3, 0.4) is 0 Å². The van der Waals surface area contributed by atoms with E-state index in [1.54, 1.807) is 50.8 Å². The fourth-order valence-electron chi connectivity index (χ4n) is 3.12. The highest BCUT2D eigenvalue weighted by Gasteiger charge is 2.27. The van der Waals surface area contributed by atoms with Gasteiger partial charge in [0.15, 0.2) is 0 Å². The predicted octanol–water partition coefficient (Wildman–Crippen LogP) is 2.98. The number of hydrogen-bond acceptors (Lipinski definition) is 7. The second-order valence-corrected chi connectivity index (χ2v) is 8.01. The quantitative estimate of drug-likeness (QED) is 0.386. The molecular weight excluding hydrogens is 465 g/mol. The number of carbonyl (C=O) groups is 1. The third-order valence-electron chi connectivity index (χ3n) is 5.25. The van der Waals surface area contributed by atoms with Gasteiger partial charge in [-0.25, -0.2) is 14.9 Å². The van der Waals surface area contributed by atoms with E-state index in [9.17, 15) is 14.0 Å². The van der Waals surface area contributed by atoms with Crippen LogP contribution in [0, 0.1) is 11.2 Å². The van der Waals surface area contributed by atoms with E-state index in [1.807, 2.05) is 18.2 Å². The molecule has 0 bridgehead atoms. The van der Waals surface area contributed by atoms with Gasteiger partial charge in [-0.3, -0.25) is 14.8 Å². The fourth-order valence-corrected chi connectivity index (χ4v) is 3.12. The molecule has 0 saturated carbocycles. The predicted molar refractivity (Wildman–Crippen MR) is 123 cm³/mol. The second kappa shape index (κ2) is 12.0. The van der Waals surface area contributed by atoms with Gasteiger partial charge in [0.1, 0.15) is 5.82 Å². The van der Waals surface area contributed by atoms with Gasteiger partial charge in [-0.2, -0.15) is 8.42 Å². The summed E-state index contributed by atoms with van der Waals surface area (Å²) in [5, 5.41) is 8.81. The number of nitrogens with one attached hydrogen (secondary N) is 1. The Hall–Kier alpha value is -3.70. The lowest BCUT2D eigenvalue weighted by Crippen LogP contribution is -2.36. The Balaban J connectivity index is 0.00000129. The Morgan fingerprint density at radius 1 is 1.15 bits per heavy atom. The van der Waals surface area contributed by atoms with Crippen molar-refractivity contribution < 1.29 is 27.5 Å². The minimum Gasteiger partial charge on any atom is -0.481 e. The first kappa shape index (κ1) is 26.6. The van der Waals surface area contributed by atoms with Gasteiger partial charge < -0.3 is 9.30 Å². The van der Waals surface area contributed by atoms with Gasteiger partial charge in [0.05, 0.1) is 7.11 Å². The third kappa shape index (κ3) is 6.65. The zero-order valence-electron chi connectivity index (χ0n) is 18.8. The zero-order valence-corrected chi connectivity index (χ0v) is 19.6. The van der Waals surface area contributed by atoms with Crippen molar-refractivity contribution in [3.8, 4) is 28.1 Å². The molecule has 0 unspecified atom stereocenters. The average molecular weight is 490 g/mol. The first-order chi connectivity index (χ1) is 16.2. The smallest absolute Gasteiger partial charge is 0.335 e. The highest BCUT2D eigenvalue weighted by Crippen LogP contribution is 2.27. The van der Waals surface area contributed by atoms with Gasteiger partial charge in [-0.1, -0.05) is 38.1 Å². The summed E-state index contributed by atoms with van der Waals surface area (Å²) >= 11 is -0.750. The zero-order chi connectivity index (χ0) is 25.3. The van der Waals surface area contributed by atoms with E-state index < -0.39 is 28.7 Å². The number of aromatic nitrogens is 2. The van der Waals surface area contributed by atoms with Crippen LogP contribution in [0.15, 0.2) is 59.7 Å². The monoisotopic (exact) mass is 489 g/mol. The molecule has 0 atom stereocenters. The van der Waals surface area contributed by atoms with Crippen LogP contribution in [0.4, 0.5) is 4.39 Å². The molecule has 2 N–H and O–H groups in total. The van der Waals surface area contributed by atoms with Crippen molar-refractivity contribution in [1.82, 2.24) is 15.0 Å². The van der Waals surface area contributed by atoms with Gasteiger partial charge >= 0.3 is 11.6 Å². The molecule has 9 nitrogen and oxygen atoms in total. The number of ether oxygens (including phenoxy) is 1. The summed E-state index contributed by atoms with van der Waals surface area (Å²) in [5.74, 6) is -0.587. The molecule has 0 aliphatic heterocycles. The van der Waals surface area contributed by atoms with Crippen LogP contribution < -0.4 is 15.8 Å². The number of rotatable bonds is 7. The largest absolute Gasteiger partial charge is 0.481 e. The molecule has 2 aromatic heterocycles. The van der Waals surface area contributed by atoms with E-state index in [1.165, 1.54) is 10.6 Å². The Morgan fingerprint density at radius 2 is 1.74 bits per heavy atom. The average Bonchev–Trinajstić information content (AvgIpc) is 2.84. The number of carbonyl (C=O) groups excluding carboxylic acids is 1. The van der Waals surface area contributed by atoms with Crippen molar-refractivity contribution in [1.29, 1.82) is 0 Å². The fraction of sp³-hybridized carbons (Fsp3) is 0.261. The molecule has 3 rings (SSSR count). The summed E-state index contributed by atoms with van der Waals surface area (Å²) in [4.78, 5) is 28.3. The van der Waals surface area contributed by atoms with Crippen molar-refractivity contribution in [2.45, 2.75) is 26.8 Å². The summed E-state index contributed by atoms with van der Waals surface area (Å²) in [5.41, 5.74) is 2.89. The molecule has 0 aliphatic rings. The molecule has 180 valence electrons. The van der Waals surface area contributed by atoms with Crippen LogP contribution in [0.1, 0.15) is 20.3 Å². The van der Waals surface area contributed by atoms with Crippen LogP contribution in [-0.4, -0.2) is 36.2 Å². The van der Waals surface area contributed by atoms with Gasteiger partial charge in [0.2, 0.25) is 11.8 Å². The molecular formula is C23H24FN3O6S. The summed E-state index contributed by atoms with van der Waals surface area (Å²) in [6.07, 6.45) is 3.09. The van der Waals surface area contributed by atoms with E-state index in [0.29, 0.717) is 11.4 Å². The van der Waals surface area contributed by atoms with Crippen LogP contribution >= 0.6 is 0 Å². The van der Waals surface area contributed by atoms with Crippen molar-refractivity contribution in [3.63, 3.8) is 0 Å². The lowest BCUT2D eigenvalue weighted by atomic mass is 9.88. The van der Waals surface area contributed by atoms with E-state index in [2.05, 4.69) is 4.98 Å². The molecule has 11 heteroatoms. The first-order valence-electron chi connectivity index (χ1n) is 10.0. The van der Waals surface area contributed by atoms with Crippen molar-refractivity contribution in [2.24, 2.45) is 5.41 Å². The standard InChI is InChI=1S/C23H24FN3O4.O2S/c1-23(2,22(29)26-30)10-11-27-14-19(24)18(12-21(27)28)16-6-4-15(5-7-16)17-8-9-20(31-3)25-13-17;1-3-2/h4-9,12-14,30H,10-11H2,1-3H3,(H,26,29);. The van der Waals surface area contributed by atoms with E-state index in [-0.39, 0.29) is 24.1 Å². The minimum atomic E-state index is -0.907. The van der Waals surface area contributed by atoms with Crippen LogP contribution in [0.5, 0.6) is 5.88 Å². The maximum atomic E-state index is 14.8. The molecule has 3 aromatic rings. The van der Waals surface area contributed by atoms with Crippen LogP contribution in [0.2, 0.25) is 0 Å².